The Labute approximate surface area is 110 Å². The average Bonchev–Trinajstić information content (AvgIpc) is 2.90. The largest absolute Gasteiger partial charge is 0.349 e. The van der Waals surface area contributed by atoms with Gasteiger partial charge in [-0.15, -0.1) is 11.3 Å². The van der Waals surface area contributed by atoms with Crippen LogP contribution in [0, 0.1) is 0 Å². The molecule has 2 heterocycles. The smallest absolute Gasteiger partial charge is 0.257 e. The number of amides is 1. The van der Waals surface area contributed by atoms with Gasteiger partial charge in [0.05, 0.1) is 11.3 Å². The maximum Gasteiger partial charge on any atom is 0.257 e. The molecule has 1 aliphatic rings. The van der Waals surface area contributed by atoms with Crippen molar-refractivity contribution in [2.24, 2.45) is 0 Å². The van der Waals surface area contributed by atoms with Crippen LogP contribution in [0.1, 0.15) is 21.4 Å². The predicted molar refractivity (Wildman–Crippen MR) is 74.0 cm³/mol. The second kappa shape index (κ2) is 4.14. The van der Waals surface area contributed by atoms with E-state index in [1.807, 2.05) is 49.8 Å². The molecule has 1 aromatic carbocycles. The molecular weight excluding hydrogens is 244 g/mol. The standard InChI is InChI=1S/C14H14N2OS/c1-15-11-7-4-3-6-10(11)14(17)16(2)13(15)12-8-5-9-18-12/h3-9,13H,1-2H3/t13-/m0/s1. The number of anilines is 1. The van der Waals surface area contributed by atoms with Crippen molar-refractivity contribution in [3.05, 3.63) is 52.2 Å². The third kappa shape index (κ3) is 1.53. The Morgan fingerprint density at radius 2 is 1.83 bits per heavy atom. The second-order valence-corrected chi connectivity index (χ2v) is 5.41. The maximum absolute atomic E-state index is 12.4. The van der Waals surface area contributed by atoms with E-state index in [9.17, 15) is 4.79 Å². The van der Waals surface area contributed by atoms with Gasteiger partial charge >= 0.3 is 0 Å². The Morgan fingerprint density at radius 1 is 1.06 bits per heavy atom. The molecule has 0 radical (unpaired) electrons. The van der Waals surface area contributed by atoms with Crippen molar-refractivity contribution in [3.63, 3.8) is 0 Å². The Morgan fingerprint density at radius 3 is 2.56 bits per heavy atom. The van der Waals surface area contributed by atoms with Gasteiger partial charge in [-0.3, -0.25) is 4.79 Å². The van der Waals surface area contributed by atoms with E-state index >= 15 is 0 Å². The zero-order valence-electron chi connectivity index (χ0n) is 10.3. The normalized spacial score (nSPS) is 19.0. The number of hydrogen-bond donors (Lipinski definition) is 0. The highest BCUT2D eigenvalue weighted by atomic mass is 32.1. The Bertz CT molecular complexity index is 579. The fourth-order valence-electron chi connectivity index (χ4n) is 2.47. The molecule has 0 saturated heterocycles. The molecular formula is C14H14N2OS. The van der Waals surface area contributed by atoms with Crippen molar-refractivity contribution < 1.29 is 4.79 Å². The molecule has 92 valence electrons. The van der Waals surface area contributed by atoms with Crippen molar-refractivity contribution in [1.29, 1.82) is 0 Å². The summed E-state index contributed by atoms with van der Waals surface area (Å²) in [4.78, 5) is 17.5. The molecule has 1 aliphatic heterocycles. The number of para-hydroxylation sites is 1. The molecule has 1 aromatic heterocycles. The summed E-state index contributed by atoms with van der Waals surface area (Å²) in [6.45, 7) is 0. The monoisotopic (exact) mass is 258 g/mol. The minimum absolute atomic E-state index is 0.00704. The summed E-state index contributed by atoms with van der Waals surface area (Å²) < 4.78 is 0. The molecule has 1 atom stereocenters. The summed E-state index contributed by atoms with van der Waals surface area (Å²) in [5.74, 6) is 0.0853. The van der Waals surface area contributed by atoms with E-state index < -0.39 is 0 Å². The molecule has 18 heavy (non-hydrogen) atoms. The first-order valence-electron chi connectivity index (χ1n) is 5.82. The van der Waals surface area contributed by atoms with Crippen LogP contribution in [0.4, 0.5) is 5.69 Å². The van der Waals surface area contributed by atoms with Crippen molar-refractivity contribution in [1.82, 2.24) is 4.90 Å². The van der Waals surface area contributed by atoms with Gasteiger partial charge in [-0.05, 0) is 23.6 Å². The summed E-state index contributed by atoms with van der Waals surface area (Å²) in [6.07, 6.45) is -0.00704. The van der Waals surface area contributed by atoms with E-state index in [0.29, 0.717) is 0 Å². The number of carbonyl (C=O) groups excluding carboxylic acids is 1. The summed E-state index contributed by atoms with van der Waals surface area (Å²) in [6, 6.07) is 11.9. The Kier molecular flexibility index (Phi) is 2.59. The minimum atomic E-state index is -0.00704. The number of fused-ring (bicyclic) bond motifs is 1. The second-order valence-electron chi connectivity index (χ2n) is 4.43. The van der Waals surface area contributed by atoms with Crippen LogP contribution in [0.3, 0.4) is 0 Å². The number of hydrogen-bond acceptors (Lipinski definition) is 3. The van der Waals surface area contributed by atoms with Crippen LogP contribution in [0.15, 0.2) is 41.8 Å². The van der Waals surface area contributed by atoms with E-state index in [1.165, 1.54) is 4.88 Å². The lowest BCUT2D eigenvalue weighted by Crippen LogP contribution is -2.45. The van der Waals surface area contributed by atoms with Gasteiger partial charge in [-0.2, -0.15) is 0 Å². The molecule has 0 N–H and O–H groups in total. The zero-order valence-corrected chi connectivity index (χ0v) is 11.1. The van der Waals surface area contributed by atoms with Gasteiger partial charge in [0.15, 0.2) is 0 Å². The number of nitrogens with zero attached hydrogens (tertiary/aromatic N) is 2. The lowest BCUT2D eigenvalue weighted by Gasteiger charge is -2.41. The first kappa shape index (κ1) is 11.3. The topological polar surface area (TPSA) is 23.6 Å². The van der Waals surface area contributed by atoms with Gasteiger partial charge in [0.25, 0.3) is 5.91 Å². The van der Waals surface area contributed by atoms with Crippen LogP contribution < -0.4 is 4.90 Å². The number of benzene rings is 1. The van der Waals surface area contributed by atoms with E-state index in [4.69, 9.17) is 0 Å². The predicted octanol–water partition coefficient (Wildman–Crippen LogP) is 2.97. The van der Waals surface area contributed by atoms with Gasteiger partial charge in [-0.25, -0.2) is 0 Å². The van der Waals surface area contributed by atoms with Crippen LogP contribution in [0.5, 0.6) is 0 Å². The van der Waals surface area contributed by atoms with Crippen LogP contribution in [-0.4, -0.2) is 24.9 Å². The van der Waals surface area contributed by atoms with Gasteiger partial charge in [0.1, 0.15) is 6.17 Å². The third-order valence-electron chi connectivity index (χ3n) is 3.37. The molecule has 0 spiro atoms. The number of thiophene rings is 1. The van der Waals surface area contributed by atoms with E-state index in [-0.39, 0.29) is 12.1 Å². The fourth-order valence-corrected chi connectivity index (χ4v) is 3.38. The Hall–Kier alpha value is -1.81. The highest BCUT2D eigenvalue weighted by Gasteiger charge is 2.34. The van der Waals surface area contributed by atoms with Crippen molar-refractivity contribution >= 4 is 22.9 Å². The van der Waals surface area contributed by atoms with Crippen molar-refractivity contribution in [2.45, 2.75) is 6.17 Å². The zero-order chi connectivity index (χ0) is 12.7. The van der Waals surface area contributed by atoms with E-state index in [2.05, 4.69) is 11.0 Å². The van der Waals surface area contributed by atoms with Crippen LogP contribution in [0.2, 0.25) is 0 Å². The molecule has 0 aliphatic carbocycles. The molecule has 3 nitrogen and oxygen atoms in total. The van der Waals surface area contributed by atoms with Crippen LogP contribution in [0.25, 0.3) is 0 Å². The van der Waals surface area contributed by atoms with Crippen molar-refractivity contribution in [2.75, 3.05) is 19.0 Å². The fraction of sp³-hybridized carbons (Fsp3) is 0.214. The lowest BCUT2D eigenvalue weighted by atomic mass is 10.1. The molecule has 0 bridgehead atoms. The third-order valence-corrected chi connectivity index (χ3v) is 4.28. The van der Waals surface area contributed by atoms with Gasteiger partial charge in [0, 0.05) is 19.0 Å². The minimum Gasteiger partial charge on any atom is -0.349 e. The van der Waals surface area contributed by atoms with E-state index in [0.717, 1.165) is 11.3 Å². The maximum atomic E-state index is 12.4. The molecule has 0 saturated carbocycles. The average molecular weight is 258 g/mol. The highest BCUT2D eigenvalue weighted by molar-refractivity contribution is 7.10. The first-order chi connectivity index (χ1) is 8.70. The lowest BCUT2D eigenvalue weighted by molar-refractivity contribution is 0.0714. The van der Waals surface area contributed by atoms with Crippen LogP contribution >= 0.6 is 11.3 Å². The number of rotatable bonds is 1. The molecule has 1 amide bonds. The number of carbonyl (C=O) groups is 1. The van der Waals surface area contributed by atoms with Gasteiger partial charge in [0.2, 0.25) is 0 Å². The summed E-state index contributed by atoms with van der Waals surface area (Å²) in [5, 5.41) is 2.04. The van der Waals surface area contributed by atoms with Crippen LogP contribution in [-0.2, 0) is 0 Å². The van der Waals surface area contributed by atoms with E-state index in [1.54, 1.807) is 16.2 Å². The summed E-state index contributed by atoms with van der Waals surface area (Å²) in [5.41, 5.74) is 1.77. The molecule has 2 aromatic rings. The molecule has 0 fully saturated rings. The summed E-state index contributed by atoms with van der Waals surface area (Å²) in [7, 11) is 3.89. The molecule has 3 rings (SSSR count). The SMILES string of the molecule is CN1C(=O)c2ccccc2N(C)[C@@H]1c1cccs1. The molecule has 0 unspecified atom stereocenters. The van der Waals surface area contributed by atoms with Gasteiger partial charge < -0.3 is 9.80 Å². The Balaban J connectivity index is 2.13. The highest BCUT2D eigenvalue weighted by Crippen LogP contribution is 2.37. The summed E-state index contributed by atoms with van der Waals surface area (Å²) >= 11 is 1.68. The van der Waals surface area contributed by atoms with Crippen molar-refractivity contribution in [3.8, 4) is 0 Å². The van der Waals surface area contributed by atoms with Gasteiger partial charge in [-0.1, -0.05) is 18.2 Å². The molecule has 4 heteroatoms. The first-order valence-corrected chi connectivity index (χ1v) is 6.70. The quantitative estimate of drug-likeness (QED) is 0.785.